The van der Waals surface area contributed by atoms with Gasteiger partial charge in [0.15, 0.2) is 6.10 Å². The molecule has 0 unspecified atom stereocenters. The third-order valence-electron chi connectivity index (χ3n) is 3.55. The van der Waals surface area contributed by atoms with Gasteiger partial charge in [-0.25, -0.2) is 0 Å². The number of benzene rings is 1. The van der Waals surface area contributed by atoms with Gasteiger partial charge in [-0.2, -0.15) is 0 Å². The molecule has 0 bridgehead atoms. The van der Waals surface area contributed by atoms with Gasteiger partial charge in [-0.05, 0) is 44.2 Å². The molecule has 1 atom stereocenters. The van der Waals surface area contributed by atoms with Crippen LogP contribution in [0, 0.1) is 0 Å². The van der Waals surface area contributed by atoms with E-state index in [2.05, 4.69) is 10.2 Å². The number of morpholine rings is 1. The number of nitrogens with zero attached hydrogens (tertiary/aromatic N) is 1. The van der Waals surface area contributed by atoms with Crippen LogP contribution in [0.5, 0.6) is 5.75 Å². The van der Waals surface area contributed by atoms with E-state index in [-0.39, 0.29) is 5.91 Å². The van der Waals surface area contributed by atoms with Crippen molar-refractivity contribution in [1.29, 1.82) is 0 Å². The molecule has 1 N–H and O–H groups in total. The molecule has 1 aromatic rings. The van der Waals surface area contributed by atoms with E-state index in [4.69, 9.17) is 21.1 Å². The highest BCUT2D eigenvalue weighted by Gasteiger charge is 2.14. The van der Waals surface area contributed by atoms with E-state index in [1.807, 2.05) is 0 Å². The predicted molar refractivity (Wildman–Crippen MR) is 86.4 cm³/mol. The lowest BCUT2D eigenvalue weighted by molar-refractivity contribution is -0.127. The Hall–Kier alpha value is -1.30. The van der Waals surface area contributed by atoms with Crippen LogP contribution in [0.2, 0.25) is 5.02 Å². The number of carbonyl (C=O) groups excluding carboxylic acids is 1. The maximum Gasteiger partial charge on any atom is 0.260 e. The summed E-state index contributed by atoms with van der Waals surface area (Å²) in [4.78, 5) is 14.3. The van der Waals surface area contributed by atoms with Crippen molar-refractivity contribution in [3.05, 3.63) is 29.3 Å². The standard InChI is InChI=1S/C16H23ClN2O3/c1-13(22-15-5-3-14(17)4-6-15)16(20)18-7-2-8-19-9-11-21-12-10-19/h3-6,13H,2,7-12H2,1H3,(H,18,20)/t13-/m0/s1. The molecule has 1 heterocycles. The topological polar surface area (TPSA) is 50.8 Å². The minimum absolute atomic E-state index is 0.100. The van der Waals surface area contributed by atoms with E-state index in [9.17, 15) is 4.79 Å². The minimum atomic E-state index is -0.524. The van der Waals surface area contributed by atoms with Crippen LogP contribution in [0.1, 0.15) is 13.3 Å². The monoisotopic (exact) mass is 326 g/mol. The number of nitrogens with one attached hydrogen (secondary N) is 1. The van der Waals surface area contributed by atoms with Crippen molar-refractivity contribution < 1.29 is 14.3 Å². The molecule has 0 radical (unpaired) electrons. The van der Waals surface area contributed by atoms with Crippen molar-refractivity contribution in [3.8, 4) is 5.75 Å². The molecule has 122 valence electrons. The fourth-order valence-electron chi connectivity index (χ4n) is 2.25. The number of hydrogen-bond donors (Lipinski definition) is 1. The van der Waals surface area contributed by atoms with Crippen LogP contribution >= 0.6 is 11.6 Å². The van der Waals surface area contributed by atoms with E-state index in [1.165, 1.54) is 0 Å². The third kappa shape index (κ3) is 5.83. The molecular weight excluding hydrogens is 304 g/mol. The lowest BCUT2D eigenvalue weighted by Gasteiger charge is -2.26. The van der Waals surface area contributed by atoms with E-state index in [0.717, 1.165) is 39.3 Å². The first-order valence-corrected chi connectivity index (χ1v) is 8.03. The first-order chi connectivity index (χ1) is 10.6. The number of ether oxygens (including phenoxy) is 2. The molecule has 1 amide bonds. The molecule has 1 fully saturated rings. The Morgan fingerprint density at radius 1 is 1.36 bits per heavy atom. The fraction of sp³-hybridized carbons (Fsp3) is 0.562. The van der Waals surface area contributed by atoms with E-state index < -0.39 is 6.10 Å². The van der Waals surface area contributed by atoms with Gasteiger partial charge in [0.1, 0.15) is 5.75 Å². The van der Waals surface area contributed by atoms with Crippen molar-refractivity contribution in [2.75, 3.05) is 39.4 Å². The van der Waals surface area contributed by atoms with E-state index >= 15 is 0 Å². The largest absolute Gasteiger partial charge is 0.481 e. The second-order valence-electron chi connectivity index (χ2n) is 5.31. The van der Waals surface area contributed by atoms with Crippen LogP contribution in [0.15, 0.2) is 24.3 Å². The Kier molecular flexibility index (Phi) is 6.96. The first-order valence-electron chi connectivity index (χ1n) is 7.65. The summed E-state index contributed by atoms with van der Waals surface area (Å²) < 4.78 is 10.9. The summed E-state index contributed by atoms with van der Waals surface area (Å²) in [7, 11) is 0. The predicted octanol–water partition coefficient (Wildman–Crippen LogP) is 1.95. The van der Waals surface area contributed by atoms with Crippen molar-refractivity contribution in [1.82, 2.24) is 10.2 Å². The van der Waals surface area contributed by atoms with Gasteiger partial charge in [-0.15, -0.1) is 0 Å². The zero-order chi connectivity index (χ0) is 15.8. The second kappa shape index (κ2) is 8.98. The van der Waals surface area contributed by atoms with Gasteiger partial charge in [0.2, 0.25) is 0 Å². The van der Waals surface area contributed by atoms with E-state index in [0.29, 0.717) is 17.3 Å². The van der Waals surface area contributed by atoms with Crippen LogP contribution in [0.4, 0.5) is 0 Å². The zero-order valence-electron chi connectivity index (χ0n) is 12.9. The number of amides is 1. The SMILES string of the molecule is C[C@H](Oc1ccc(Cl)cc1)C(=O)NCCCN1CCOCC1. The van der Waals surface area contributed by atoms with Crippen LogP contribution in [0.25, 0.3) is 0 Å². The normalized spacial score (nSPS) is 17.0. The lowest BCUT2D eigenvalue weighted by Crippen LogP contribution is -2.40. The first kappa shape index (κ1) is 17.1. The Morgan fingerprint density at radius 3 is 2.73 bits per heavy atom. The van der Waals surface area contributed by atoms with Gasteiger partial charge in [-0.1, -0.05) is 11.6 Å². The van der Waals surface area contributed by atoms with Crippen LogP contribution in [0.3, 0.4) is 0 Å². The summed E-state index contributed by atoms with van der Waals surface area (Å²) in [5.74, 6) is 0.539. The Morgan fingerprint density at radius 2 is 2.05 bits per heavy atom. The van der Waals surface area contributed by atoms with Crippen LogP contribution < -0.4 is 10.1 Å². The van der Waals surface area contributed by atoms with Crippen molar-refractivity contribution >= 4 is 17.5 Å². The summed E-state index contributed by atoms with van der Waals surface area (Å²) in [6.07, 6.45) is 0.406. The van der Waals surface area contributed by atoms with Gasteiger partial charge >= 0.3 is 0 Å². The number of carbonyl (C=O) groups is 1. The number of halogens is 1. The highest BCUT2D eigenvalue weighted by atomic mass is 35.5. The van der Waals surface area contributed by atoms with Crippen LogP contribution in [-0.4, -0.2) is 56.3 Å². The molecule has 0 spiro atoms. The highest BCUT2D eigenvalue weighted by molar-refractivity contribution is 6.30. The maximum absolute atomic E-state index is 12.0. The van der Waals surface area contributed by atoms with Crippen LogP contribution in [-0.2, 0) is 9.53 Å². The molecule has 1 aromatic carbocycles. The van der Waals surface area contributed by atoms with Gasteiger partial charge < -0.3 is 14.8 Å². The van der Waals surface area contributed by atoms with Gasteiger partial charge in [0.25, 0.3) is 5.91 Å². The summed E-state index contributed by atoms with van der Waals surface area (Å²) >= 11 is 5.81. The molecule has 0 saturated carbocycles. The summed E-state index contributed by atoms with van der Waals surface area (Å²) in [5.41, 5.74) is 0. The molecule has 6 heteroatoms. The Labute approximate surface area is 136 Å². The molecule has 2 rings (SSSR count). The average Bonchev–Trinajstić information content (AvgIpc) is 2.54. The molecule has 1 saturated heterocycles. The van der Waals surface area contributed by atoms with Crippen molar-refractivity contribution in [2.24, 2.45) is 0 Å². The molecular formula is C16H23ClN2O3. The molecule has 5 nitrogen and oxygen atoms in total. The Bertz CT molecular complexity index is 461. The average molecular weight is 327 g/mol. The van der Waals surface area contributed by atoms with Crippen molar-refractivity contribution in [3.63, 3.8) is 0 Å². The van der Waals surface area contributed by atoms with Gasteiger partial charge in [0.05, 0.1) is 13.2 Å². The molecule has 0 aliphatic carbocycles. The third-order valence-corrected chi connectivity index (χ3v) is 3.80. The molecule has 1 aliphatic heterocycles. The fourth-order valence-corrected chi connectivity index (χ4v) is 2.38. The molecule has 0 aromatic heterocycles. The summed E-state index contributed by atoms with van der Waals surface area (Å²) in [6.45, 7) is 6.94. The Balaban J connectivity index is 1.62. The maximum atomic E-state index is 12.0. The zero-order valence-corrected chi connectivity index (χ0v) is 13.6. The quantitative estimate of drug-likeness (QED) is 0.778. The van der Waals surface area contributed by atoms with Crippen molar-refractivity contribution in [2.45, 2.75) is 19.4 Å². The second-order valence-corrected chi connectivity index (χ2v) is 5.75. The minimum Gasteiger partial charge on any atom is -0.481 e. The highest BCUT2D eigenvalue weighted by Crippen LogP contribution is 2.16. The lowest BCUT2D eigenvalue weighted by atomic mass is 10.3. The van der Waals surface area contributed by atoms with E-state index in [1.54, 1.807) is 31.2 Å². The number of rotatable bonds is 7. The summed E-state index contributed by atoms with van der Waals surface area (Å²) in [6, 6.07) is 6.99. The summed E-state index contributed by atoms with van der Waals surface area (Å²) in [5, 5.41) is 3.55. The van der Waals surface area contributed by atoms with Gasteiger partial charge in [0, 0.05) is 24.7 Å². The number of hydrogen-bond acceptors (Lipinski definition) is 4. The molecule has 22 heavy (non-hydrogen) atoms. The molecule has 1 aliphatic rings. The van der Waals surface area contributed by atoms with Gasteiger partial charge in [-0.3, -0.25) is 9.69 Å². The smallest absolute Gasteiger partial charge is 0.260 e.